The predicted molar refractivity (Wildman–Crippen MR) is 97.1 cm³/mol. The fourth-order valence-corrected chi connectivity index (χ4v) is 2.53. The van der Waals surface area contributed by atoms with Crippen molar-refractivity contribution in [2.24, 2.45) is 0 Å². The van der Waals surface area contributed by atoms with Crippen molar-refractivity contribution in [3.63, 3.8) is 0 Å². The zero-order valence-electron chi connectivity index (χ0n) is 15.5. The Morgan fingerprint density at radius 1 is 1.24 bits per heavy atom. The molecule has 0 aliphatic carbocycles. The Kier molecular flexibility index (Phi) is 5.96. The molecule has 0 spiro atoms. The molecule has 1 N–H and O–H groups in total. The first-order valence-corrected chi connectivity index (χ1v) is 8.28. The van der Waals surface area contributed by atoms with E-state index < -0.39 is 0 Å². The molecule has 0 atom stereocenters. The lowest BCUT2D eigenvalue weighted by Gasteiger charge is -2.18. The van der Waals surface area contributed by atoms with Crippen LogP contribution in [0, 0.1) is 27.7 Å². The van der Waals surface area contributed by atoms with Gasteiger partial charge in [-0.1, -0.05) is 12.1 Å². The highest BCUT2D eigenvalue weighted by Gasteiger charge is 2.15. The third kappa shape index (κ3) is 4.92. The maximum Gasteiger partial charge on any atom is 0.254 e. The fraction of sp³-hybridized carbons (Fsp3) is 0.421. The number of aryl methyl sites for hydroxylation is 4. The van der Waals surface area contributed by atoms with E-state index in [0.29, 0.717) is 30.2 Å². The minimum absolute atomic E-state index is 0.0361. The molecule has 0 aliphatic rings. The first-order chi connectivity index (χ1) is 11.8. The van der Waals surface area contributed by atoms with Gasteiger partial charge in [-0.25, -0.2) is 4.98 Å². The van der Waals surface area contributed by atoms with Crippen LogP contribution in [0.3, 0.4) is 0 Å². The molecule has 6 heteroatoms. The zero-order valence-corrected chi connectivity index (χ0v) is 15.5. The van der Waals surface area contributed by atoms with E-state index in [1.165, 1.54) is 0 Å². The van der Waals surface area contributed by atoms with Gasteiger partial charge in [-0.3, -0.25) is 9.59 Å². The van der Waals surface area contributed by atoms with E-state index in [1.807, 2.05) is 32.0 Å². The van der Waals surface area contributed by atoms with Crippen molar-refractivity contribution in [3.8, 4) is 5.75 Å². The van der Waals surface area contributed by atoms with E-state index in [1.54, 1.807) is 25.8 Å². The molecule has 25 heavy (non-hydrogen) atoms. The van der Waals surface area contributed by atoms with Crippen molar-refractivity contribution in [1.82, 2.24) is 14.9 Å². The molecule has 0 saturated carbocycles. The Balaban J connectivity index is 1.93. The Morgan fingerprint density at radius 2 is 1.96 bits per heavy atom. The van der Waals surface area contributed by atoms with E-state index in [9.17, 15) is 9.59 Å². The van der Waals surface area contributed by atoms with Gasteiger partial charge in [-0.15, -0.1) is 0 Å². The zero-order chi connectivity index (χ0) is 18.6. The molecule has 6 nitrogen and oxygen atoms in total. The van der Waals surface area contributed by atoms with Gasteiger partial charge < -0.3 is 14.6 Å². The SMILES string of the molecule is Cc1ccc(C)c(OCCN(C)C(=O)Cc2c(C)nc(C)[nH]c2=O)c1. The molecular formula is C19H25N3O3. The molecule has 0 saturated heterocycles. The van der Waals surface area contributed by atoms with Crippen LogP contribution >= 0.6 is 0 Å². The van der Waals surface area contributed by atoms with Crippen molar-refractivity contribution in [3.05, 3.63) is 56.8 Å². The number of nitrogens with one attached hydrogen (secondary N) is 1. The molecular weight excluding hydrogens is 318 g/mol. The average molecular weight is 343 g/mol. The highest BCUT2D eigenvalue weighted by Crippen LogP contribution is 2.18. The van der Waals surface area contributed by atoms with Crippen LogP contribution in [0.1, 0.15) is 28.2 Å². The molecule has 0 bridgehead atoms. The maximum atomic E-state index is 12.4. The lowest BCUT2D eigenvalue weighted by Crippen LogP contribution is -2.34. The molecule has 2 aromatic rings. The number of amides is 1. The highest BCUT2D eigenvalue weighted by molar-refractivity contribution is 5.78. The molecule has 2 rings (SSSR count). The largest absolute Gasteiger partial charge is 0.491 e. The van der Waals surface area contributed by atoms with Crippen LogP contribution in [0.2, 0.25) is 0 Å². The number of hydrogen-bond donors (Lipinski definition) is 1. The Morgan fingerprint density at radius 3 is 2.64 bits per heavy atom. The minimum Gasteiger partial charge on any atom is -0.491 e. The molecule has 1 aromatic heterocycles. The fourth-order valence-electron chi connectivity index (χ4n) is 2.53. The van der Waals surface area contributed by atoms with Gasteiger partial charge in [0.15, 0.2) is 0 Å². The van der Waals surface area contributed by atoms with Crippen molar-refractivity contribution >= 4 is 5.91 Å². The van der Waals surface area contributed by atoms with Crippen LogP contribution in [0.15, 0.2) is 23.0 Å². The summed E-state index contributed by atoms with van der Waals surface area (Å²) in [4.78, 5) is 32.8. The number of carbonyl (C=O) groups is 1. The standard InChI is InChI=1S/C19H25N3O3/c1-12-6-7-13(2)17(10-12)25-9-8-22(5)18(23)11-16-14(3)20-15(4)21-19(16)24/h6-7,10H,8-9,11H2,1-5H3,(H,20,21,24). The molecule has 0 fully saturated rings. The number of likely N-dealkylation sites (N-methyl/N-ethyl adjacent to an activating group) is 1. The number of hydrogen-bond acceptors (Lipinski definition) is 4. The third-order valence-corrected chi connectivity index (χ3v) is 4.12. The average Bonchev–Trinajstić information content (AvgIpc) is 2.53. The second-order valence-electron chi connectivity index (χ2n) is 6.32. The maximum absolute atomic E-state index is 12.4. The number of nitrogens with zero attached hydrogens (tertiary/aromatic N) is 2. The Labute approximate surface area is 147 Å². The Bertz CT molecular complexity index is 827. The summed E-state index contributed by atoms with van der Waals surface area (Å²) in [5.74, 6) is 1.24. The van der Waals surface area contributed by atoms with Gasteiger partial charge in [0.2, 0.25) is 5.91 Å². The number of aromatic amines is 1. The normalized spacial score (nSPS) is 10.6. The summed E-state index contributed by atoms with van der Waals surface area (Å²) in [5, 5.41) is 0. The number of benzene rings is 1. The monoisotopic (exact) mass is 343 g/mol. The highest BCUT2D eigenvalue weighted by atomic mass is 16.5. The molecule has 0 aliphatic heterocycles. The van der Waals surface area contributed by atoms with Crippen molar-refractivity contribution < 1.29 is 9.53 Å². The predicted octanol–water partition coefficient (Wildman–Crippen LogP) is 2.08. The number of aromatic nitrogens is 2. The molecule has 134 valence electrons. The molecule has 1 aromatic carbocycles. The summed E-state index contributed by atoms with van der Waals surface area (Å²) in [7, 11) is 1.71. The first-order valence-electron chi connectivity index (χ1n) is 8.28. The van der Waals surface area contributed by atoms with Crippen LogP contribution in [-0.2, 0) is 11.2 Å². The smallest absolute Gasteiger partial charge is 0.254 e. The lowest BCUT2D eigenvalue weighted by atomic mass is 10.1. The van der Waals surface area contributed by atoms with Crippen LogP contribution < -0.4 is 10.3 Å². The van der Waals surface area contributed by atoms with Gasteiger partial charge in [0.25, 0.3) is 5.56 Å². The number of rotatable bonds is 6. The van der Waals surface area contributed by atoms with Gasteiger partial charge in [-0.2, -0.15) is 0 Å². The summed E-state index contributed by atoms with van der Waals surface area (Å²) in [6, 6.07) is 6.03. The summed E-state index contributed by atoms with van der Waals surface area (Å²) in [6.07, 6.45) is 0.0361. The molecule has 1 amide bonds. The van der Waals surface area contributed by atoms with E-state index in [0.717, 1.165) is 16.9 Å². The summed E-state index contributed by atoms with van der Waals surface area (Å²) < 4.78 is 5.78. The number of carbonyl (C=O) groups excluding carboxylic acids is 1. The van der Waals surface area contributed by atoms with Gasteiger partial charge in [0, 0.05) is 18.3 Å². The number of ether oxygens (including phenoxy) is 1. The molecule has 0 radical (unpaired) electrons. The van der Waals surface area contributed by atoms with Crippen molar-refractivity contribution in [2.75, 3.05) is 20.2 Å². The second-order valence-corrected chi connectivity index (χ2v) is 6.32. The molecule has 0 unspecified atom stereocenters. The van der Waals surface area contributed by atoms with Gasteiger partial charge in [0.1, 0.15) is 18.2 Å². The molecule has 1 heterocycles. The van der Waals surface area contributed by atoms with E-state index in [2.05, 4.69) is 9.97 Å². The van der Waals surface area contributed by atoms with Crippen LogP contribution in [0.25, 0.3) is 0 Å². The van der Waals surface area contributed by atoms with Gasteiger partial charge in [0.05, 0.1) is 13.0 Å². The Hall–Kier alpha value is -2.63. The topological polar surface area (TPSA) is 75.3 Å². The van der Waals surface area contributed by atoms with E-state index >= 15 is 0 Å². The number of H-pyrrole nitrogens is 1. The third-order valence-electron chi connectivity index (χ3n) is 4.12. The van der Waals surface area contributed by atoms with Gasteiger partial charge in [-0.05, 0) is 44.9 Å². The van der Waals surface area contributed by atoms with Crippen LogP contribution in [0.4, 0.5) is 0 Å². The quantitative estimate of drug-likeness (QED) is 0.871. The summed E-state index contributed by atoms with van der Waals surface area (Å²) >= 11 is 0. The summed E-state index contributed by atoms with van der Waals surface area (Å²) in [6.45, 7) is 8.31. The van der Waals surface area contributed by atoms with Crippen LogP contribution in [0.5, 0.6) is 5.75 Å². The van der Waals surface area contributed by atoms with Gasteiger partial charge >= 0.3 is 0 Å². The van der Waals surface area contributed by atoms with E-state index in [-0.39, 0.29) is 17.9 Å². The van der Waals surface area contributed by atoms with Crippen molar-refractivity contribution in [2.45, 2.75) is 34.1 Å². The first kappa shape index (κ1) is 18.7. The summed E-state index contributed by atoms with van der Waals surface area (Å²) in [5.41, 5.74) is 2.95. The second kappa shape index (κ2) is 7.96. The lowest BCUT2D eigenvalue weighted by molar-refractivity contribution is -0.129. The van der Waals surface area contributed by atoms with E-state index in [4.69, 9.17) is 4.74 Å². The minimum atomic E-state index is -0.251. The van der Waals surface area contributed by atoms with Crippen molar-refractivity contribution in [1.29, 1.82) is 0 Å². The van der Waals surface area contributed by atoms with Crippen LogP contribution in [-0.4, -0.2) is 41.0 Å².